The fraction of sp³-hybridized carbons (Fsp3) is 0.263. The SMILES string of the molecule is COc1ccccc1C1CNCCN1C(=O)c1cnc(-c2ccco2)s1. The quantitative estimate of drug-likeness (QED) is 0.765. The van der Waals surface area contributed by atoms with E-state index < -0.39 is 0 Å². The van der Waals surface area contributed by atoms with Crippen molar-refractivity contribution in [1.82, 2.24) is 15.2 Å². The summed E-state index contributed by atoms with van der Waals surface area (Å²) in [5.74, 6) is 1.45. The zero-order valence-electron chi connectivity index (χ0n) is 14.3. The normalized spacial score (nSPS) is 17.3. The molecule has 1 aliphatic heterocycles. The van der Waals surface area contributed by atoms with Crippen molar-refractivity contribution < 1.29 is 13.9 Å². The van der Waals surface area contributed by atoms with E-state index in [4.69, 9.17) is 9.15 Å². The van der Waals surface area contributed by atoms with Crippen LogP contribution in [0.2, 0.25) is 0 Å². The van der Waals surface area contributed by atoms with E-state index in [1.165, 1.54) is 11.3 Å². The molecular formula is C19H19N3O3S. The van der Waals surface area contributed by atoms with E-state index in [1.54, 1.807) is 19.6 Å². The smallest absolute Gasteiger partial charge is 0.266 e. The van der Waals surface area contributed by atoms with Crippen LogP contribution in [0.1, 0.15) is 21.3 Å². The van der Waals surface area contributed by atoms with E-state index in [-0.39, 0.29) is 11.9 Å². The fourth-order valence-corrected chi connectivity index (χ4v) is 4.04. The summed E-state index contributed by atoms with van der Waals surface area (Å²) < 4.78 is 10.9. The number of hydrogen-bond donors (Lipinski definition) is 1. The number of nitrogens with one attached hydrogen (secondary N) is 1. The molecule has 0 aliphatic carbocycles. The molecule has 6 nitrogen and oxygen atoms in total. The van der Waals surface area contributed by atoms with Gasteiger partial charge in [-0.25, -0.2) is 4.98 Å². The van der Waals surface area contributed by atoms with Gasteiger partial charge in [-0.2, -0.15) is 0 Å². The van der Waals surface area contributed by atoms with Gasteiger partial charge < -0.3 is 19.4 Å². The van der Waals surface area contributed by atoms with Gasteiger partial charge in [0.05, 0.1) is 25.6 Å². The van der Waals surface area contributed by atoms with Gasteiger partial charge in [0.15, 0.2) is 10.8 Å². The number of nitrogens with zero attached hydrogens (tertiary/aromatic N) is 2. The maximum Gasteiger partial charge on any atom is 0.266 e. The topological polar surface area (TPSA) is 67.6 Å². The van der Waals surface area contributed by atoms with Crippen LogP contribution in [0.15, 0.2) is 53.3 Å². The van der Waals surface area contributed by atoms with E-state index in [0.717, 1.165) is 17.9 Å². The summed E-state index contributed by atoms with van der Waals surface area (Å²) >= 11 is 1.35. The summed E-state index contributed by atoms with van der Waals surface area (Å²) in [5.41, 5.74) is 1.01. The summed E-state index contributed by atoms with van der Waals surface area (Å²) in [6, 6.07) is 11.4. The minimum absolute atomic E-state index is 0.0160. The zero-order chi connectivity index (χ0) is 17.9. The second kappa shape index (κ2) is 7.31. The molecule has 3 aromatic rings. The first-order chi connectivity index (χ1) is 12.8. The van der Waals surface area contributed by atoms with Crippen LogP contribution in [0.25, 0.3) is 10.8 Å². The van der Waals surface area contributed by atoms with Gasteiger partial charge in [0.2, 0.25) is 0 Å². The van der Waals surface area contributed by atoms with E-state index in [9.17, 15) is 4.79 Å². The summed E-state index contributed by atoms with van der Waals surface area (Å²) in [7, 11) is 1.65. The molecule has 2 aromatic heterocycles. The molecule has 0 saturated carbocycles. The van der Waals surface area contributed by atoms with Crippen LogP contribution in [0.5, 0.6) is 5.75 Å². The number of piperazine rings is 1. The molecule has 0 spiro atoms. The lowest BCUT2D eigenvalue weighted by Gasteiger charge is -2.36. The lowest BCUT2D eigenvalue weighted by Crippen LogP contribution is -2.48. The Hall–Kier alpha value is -2.64. The minimum atomic E-state index is -0.0819. The van der Waals surface area contributed by atoms with Crippen molar-refractivity contribution in [3.63, 3.8) is 0 Å². The van der Waals surface area contributed by atoms with Crippen LogP contribution < -0.4 is 10.1 Å². The highest BCUT2D eigenvalue weighted by Gasteiger charge is 2.31. The van der Waals surface area contributed by atoms with Crippen LogP contribution in [-0.2, 0) is 0 Å². The van der Waals surface area contributed by atoms with Crippen LogP contribution in [-0.4, -0.2) is 42.5 Å². The van der Waals surface area contributed by atoms with Crippen molar-refractivity contribution in [3.05, 3.63) is 59.3 Å². The standard InChI is InChI=1S/C19H19N3O3S/c1-24-15-6-3-2-5-13(15)14-11-20-8-9-22(14)19(23)17-12-21-18(26-17)16-7-4-10-25-16/h2-7,10,12,14,20H,8-9,11H2,1H3. The van der Waals surface area contributed by atoms with Gasteiger partial charge in [-0.1, -0.05) is 18.2 Å². The average molecular weight is 369 g/mol. The molecule has 1 saturated heterocycles. The van der Waals surface area contributed by atoms with Crippen molar-refractivity contribution in [2.75, 3.05) is 26.7 Å². The third kappa shape index (κ3) is 3.11. The Labute approximate surface area is 155 Å². The van der Waals surface area contributed by atoms with Gasteiger partial charge in [-0.3, -0.25) is 4.79 Å². The number of hydrogen-bond acceptors (Lipinski definition) is 6. The van der Waals surface area contributed by atoms with Gasteiger partial charge >= 0.3 is 0 Å². The van der Waals surface area contributed by atoms with Crippen molar-refractivity contribution >= 4 is 17.2 Å². The Kier molecular flexibility index (Phi) is 4.73. The first kappa shape index (κ1) is 16.8. The number of ether oxygens (including phenoxy) is 1. The van der Waals surface area contributed by atoms with Gasteiger partial charge in [-0.05, 0) is 18.2 Å². The lowest BCUT2D eigenvalue weighted by molar-refractivity contribution is 0.0636. The molecule has 134 valence electrons. The Bertz CT molecular complexity index is 891. The zero-order valence-corrected chi connectivity index (χ0v) is 15.2. The third-order valence-electron chi connectivity index (χ3n) is 4.45. The van der Waals surface area contributed by atoms with Crippen molar-refractivity contribution in [3.8, 4) is 16.5 Å². The van der Waals surface area contributed by atoms with E-state index in [1.807, 2.05) is 41.3 Å². The Morgan fingerprint density at radius 3 is 3.04 bits per heavy atom. The summed E-state index contributed by atoms with van der Waals surface area (Å²) in [6.07, 6.45) is 3.23. The van der Waals surface area contributed by atoms with Crippen molar-refractivity contribution in [2.24, 2.45) is 0 Å². The second-order valence-corrected chi connectivity index (χ2v) is 7.00. The van der Waals surface area contributed by atoms with Gasteiger partial charge in [0, 0.05) is 25.2 Å². The molecule has 1 N–H and O–H groups in total. The predicted octanol–water partition coefficient (Wildman–Crippen LogP) is 3.20. The Balaban J connectivity index is 1.63. The number of methoxy groups -OCH3 is 1. The molecule has 1 aromatic carbocycles. The number of carbonyl (C=O) groups excluding carboxylic acids is 1. The van der Waals surface area contributed by atoms with Gasteiger partial charge in [-0.15, -0.1) is 11.3 Å². The number of furan rings is 1. The highest BCUT2D eigenvalue weighted by atomic mass is 32.1. The number of rotatable bonds is 4. The summed E-state index contributed by atoms with van der Waals surface area (Å²) in [4.78, 5) is 20.0. The molecule has 4 rings (SSSR count). The first-order valence-corrected chi connectivity index (χ1v) is 9.24. The largest absolute Gasteiger partial charge is 0.496 e. The van der Waals surface area contributed by atoms with Crippen molar-refractivity contribution in [1.29, 1.82) is 0 Å². The number of carbonyl (C=O) groups is 1. The molecule has 1 fully saturated rings. The highest BCUT2D eigenvalue weighted by molar-refractivity contribution is 7.16. The molecule has 3 heterocycles. The molecule has 1 aliphatic rings. The summed E-state index contributed by atoms with van der Waals surface area (Å²) in [6.45, 7) is 2.09. The molecule has 0 bridgehead atoms. The predicted molar refractivity (Wildman–Crippen MR) is 99.5 cm³/mol. The minimum Gasteiger partial charge on any atom is -0.496 e. The van der Waals surface area contributed by atoms with Crippen LogP contribution in [0.3, 0.4) is 0 Å². The number of para-hydroxylation sites is 1. The molecule has 1 atom stereocenters. The average Bonchev–Trinajstić information content (AvgIpc) is 3.39. The maximum atomic E-state index is 13.2. The number of benzene rings is 1. The number of thiazole rings is 1. The Morgan fingerprint density at radius 2 is 2.23 bits per heavy atom. The van der Waals surface area contributed by atoms with E-state index >= 15 is 0 Å². The van der Waals surface area contributed by atoms with Gasteiger partial charge in [0.25, 0.3) is 5.91 Å². The fourth-order valence-electron chi connectivity index (χ4n) is 3.20. The monoisotopic (exact) mass is 369 g/mol. The molecule has 1 amide bonds. The lowest BCUT2D eigenvalue weighted by atomic mass is 10.0. The Morgan fingerprint density at radius 1 is 1.35 bits per heavy atom. The number of aromatic nitrogens is 1. The van der Waals surface area contributed by atoms with Gasteiger partial charge in [0.1, 0.15) is 10.6 Å². The molecule has 26 heavy (non-hydrogen) atoms. The van der Waals surface area contributed by atoms with Crippen LogP contribution in [0, 0.1) is 0 Å². The number of amides is 1. The van der Waals surface area contributed by atoms with Crippen molar-refractivity contribution in [2.45, 2.75) is 6.04 Å². The van der Waals surface area contributed by atoms with Crippen LogP contribution in [0.4, 0.5) is 0 Å². The van der Waals surface area contributed by atoms with E-state index in [2.05, 4.69) is 10.3 Å². The second-order valence-electron chi connectivity index (χ2n) is 5.97. The molecular weight excluding hydrogens is 350 g/mol. The maximum absolute atomic E-state index is 13.2. The third-order valence-corrected chi connectivity index (χ3v) is 5.45. The first-order valence-electron chi connectivity index (χ1n) is 8.42. The summed E-state index contributed by atoms with van der Waals surface area (Å²) in [5, 5.41) is 4.08. The molecule has 1 unspecified atom stereocenters. The van der Waals surface area contributed by atoms with Crippen LogP contribution >= 0.6 is 11.3 Å². The molecule has 0 radical (unpaired) electrons. The molecule has 7 heteroatoms. The van der Waals surface area contributed by atoms with E-state index in [0.29, 0.717) is 28.7 Å². The highest BCUT2D eigenvalue weighted by Crippen LogP contribution is 2.33.